The normalized spacial score (nSPS) is 19.8. The number of hydrogen-bond donors (Lipinski definition) is 0. The van der Waals surface area contributed by atoms with Gasteiger partial charge in [0.1, 0.15) is 18.8 Å². The van der Waals surface area contributed by atoms with Crippen molar-refractivity contribution in [3.05, 3.63) is 120 Å². The van der Waals surface area contributed by atoms with Gasteiger partial charge < -0.3 is 18.9 Å². The smallest absolute Gasteiger partial charge is 0.338 e. The molecule has 0 radical (unpaired) electrons. The van der Waals surface area contributed by atoms with Crippen LogP contribution in [0.3, 0.4) is 0 Å². The molecule has 5 nitrogen and oxygen atoms in total. The summed E-state index contributed by atoms with van der Waals surface area (Å²) in [5.74, 6) is -0.396. The predicted octanol–water partition coefficient (Wildman–Crippen LogP) is 4.93. The van der Waals surface area contributed by atoms with Crippen LogP contribution in [0.2, 0.25) is 0 Å². The van der Waals surface area contributed by atoms with Crippen molar-refractivity contribution in [1.82, 2.24) is 0 Å². The molecule has 0 aliphatic carbocycles. The Balaban J connectivity index is 1.42. The van der Waals surface area contributed by atoms with Crippen LogP contribution in [0.25, 0.3) is 0 Å². The van der Waals surface area contributed by atoms with E-state index in [0.717, 1.165) is 11.1 Å². The van der Waals surface area contributed by atoms with Gasteiger partial charge in [0.05, 0.1) is 25.0 Å². The quantitative estimate of drug-likeness (QED) is 0.451. The molecular formula is C27H26O5. The molecule has 0 amide bonds. The molecule has 0 aromatic heterocycles. The van der Waals surface area contributed by atoms with Crippen molar-refractivity contribution < 1.29 is 23.7 Å². The molecule has 0 N–H and O–H groups in total. The first kappa shape index (κ1) is 21.8. The molecule has 0 spiro atoms. The molecule has 0 bridgehead atoms. The third-order valence-electron chi connectivity index (χ3n) is 5.17. The SMILES string of the molecule is O=C(OC[C@H]1OC=C[C@@H](OCc2ccccc2)[C@@H]1OCc1ccccc1)c1ccccc1. The molecule has 0 unspecified atom stereocenters. The van der Waals surface area contributed by atoms with Crippen LogP contribution in [0.15, 0.2) is 103 Å². The molecule has 32 heavy (non-hydrogen) atoms. The van der Waals surface area contributed by atoms with Gasteiger partial charge in [0.25, 0.3) is 0 Å². The Morgan fingerprint density at radius 1 is 0.750 bits per heavy atom. The minimum atomic E-state index is -0.489. The number of hydrogen-bond acceptors (Lipinski definition) is 5. The van der Waals surface area contributed by atoms with E-state index in [1.807, 2.05) is 72.8 Å². The van der Waals surface area contributed by atoms with E-state index in [0.29, 0.717) is 18.8 Å². The van der Waals surface area contributed by atoms with E-state index >= 15 is 0 Å². The fourth-order valence-electron chi connectivity index (χ4n) is 3.46. The van der Waals surface area contributed by atoms with Gasteiger partial charge in [0.15, 0.2) is 6.10 Å². The summed E-state index contributed by atoms with van der Waals surface area (Å²) in [6.45, 7) is 0.900. The average Bonchev–Trinajstić information content (AvgIpc) is 2.87. The molecule has 164 valence electrons. The Morgan fingerprint density at radius 2 is 1.31 bits per heavy atom. The molecule has 3 aromatic carbocycles. The first-order valence-corrected chi connectivity index (χ1v) is 10.6. The maximum Gasteiger partial charge on any atom is 0.338 e. The number of esters is 1. The van der Waals surface area contributed by atoms with Gasteiger partial charge in [-0.1, -0.05) is 78.9 Å². The summed E-state index contributed by atoms with van der Waals surface area (Å²) in [6, 6.07) is 28.8. The zero-order valence-corrected chi connectivity index (χ0v) is 17.7. The molecule has 1 aliphatic heterocycles. The van der Waals surface area contributed by atoms with Crippen molar-refractivity contribution in [1.29, 1.82) is 0 Å². The highest BCUT2D eigenvalue weighted by Crippen LogP contribution is 2.22. The van der Waals surface area contributed by atoms with Crippen LogP contribution in [0, 0.1) is 0 Å². The average molecular weight is 431 g/mol. The van der Waals surface area contributed by atoms with E-state index in [9.17, 15) is 4.79 Å². The Morgan fingerprint density at radius 3 is 1.94 bits per heavy atom. The second-order valence-corrected chi connectivity index (χ2v) is 7.49. The highest BCUT2D eigenvalue weighted by atomic mass is 16.6. The summed E-state index contributed by atoms with van der Waals surface area (Å²) in [5, 5.41) is 0. The Kier molecular flexibility index (Phi) is 7.69. The van der Waals surface area contributed by atoms with E-state index in [4.69, 9.17) is 18.9 Å². The highest BCUT2D eigenvalue weighted by Gasteiger charge is 2.35. The van der Waals surface area contributed by atoms with Crippen LogP contribution in [-0.4, -0.2) is 30.9 Å². The Hall–Kier alpha value is -3.41. The van der Waals surface area contributed by atoms with E-state index in [1.54, 1.807) is 30.5 Å². The lowest BCUT2D eigenvalue weighted by molar-refractivity contribution is -0.141. The fraction of sp³-hybridized carbons (Fsp3) is 0.222. The van der Waals surface area contributed by atoms with E-state index < -0.39 is 18.2 Å². The third kappa shape index (κ3) is 6.06. The van der Waals surface area contributed by atoms with Crippen LogP contribution in [0.4, 0.5) is 0 Å². The summed E-state index contributed by atoms with van der Waals surface area (Å²) in [7, 11) is 0. The number of rotatable bonds is 9. The number of benzene rings is 3. The van der Waals surface area contributed by atoms with Gasteiger partial charge in [-0.3, -0.25) is 0 Å². The first-order chi connectivity index (χ1) is 15.8. The van der Waals surface area contributed by atoms with Gasteiger partial charge in [-0.2, -0.15) is 0 Å². The standard InChI is InChI=1S/C27H26O5/c28-27(23-14-8-3-9-15-23)32-20-25-26(31-19-22-12-6-2-7-13-22)24(16-17-29-25)30-18-21-10-4-1-5-11-21/h1-17,24-26H,18-20H2/t24-,25-,26+/m1/s1. The van der Waals surface area contributed by atoms with Gasteiger partial charge in [-0.05, 0) is 29.3 Å². The summed E-state index contributed by atoms with van der Waals surface area (Å²) >= 11 is 0. The molecule has 0 saturated carbocycles. The second kappa shape index (κ2) is 11.3. The monoisotopic (exact) mass is 430 g/mol. The van der Waals surface area contributed by atoms with Crippen LogP contribution in [0.5, 0.6) is 0 Å². The number of carbonyl (C=O) groups excluding carboxylic acids is 1. The molecule has 4 rings (SSSR count). The Labute approximate surface area is 188 Å². The van der Waals surface area contributed by atoms with E-state index in [2.05, 4.69) is 0 Å². The van der Waals surface area contributed by atoms with Crippen LogP contribution in [-0.2, 0) is 32.2 Å². The zero-order chi connectivity index (χ0) is 22.0. The maximum atomic E-state index is 12.4. The van der Waals surface area contributed by atoms with Gasteiger partial charge in [-0.25, -0.2) is 4.79 Å². The largest absolute Gasteiger partial charge is 0.492 e. The minimum absolute atomic E-state index is 0.0583. The lowest BCUT2D eigenvalue weighted by Gasteiger charge is -2.34. The number of carbonyl (C=O) groups is 1. The molecule has 1 aliphatic rings. The topological polar surface area (TPSA) is 54.0 Å². The second-order valence-electron chi connectivity index (χ2n) is 7.49. The summed E-state index contributed by atoms with van der Waals surface area (Å²) < 4.78 is 23.7. The maximum absolute atomic E-state index is 12.4. The van der Waals surface area contributed by atoms with Crippen LogP contribution in [0.1, 0.15) is 21.5 Å². The zero-order valence-electron chi connectivity index (χ0n) is 17.7. The summed E-state index contributed by atoms with van der Waals surface area (Å²) in [5.41, 5.74) is 2.61. The lowest BCUT2D eigenvalue weighted by atomic mass is 10.1. The molecular weight excluding hydrogens is 404 g/mol. The summed E-state index contributed by atoms with van der Waals surface area (Å²) in [6.07, 6.45) is 2.17. The molecule has 3 aromatic rings. The van der Waals surface area contributed by atoms with Gasteiger partial charge >= 0.3 is 5.97 Å². The van der Waals surface area contributed by atoms with Crippen molar-refractivity contribution in [3.8, 4) is 0 Å². The van der Waals surface area contributed by atoms with Gasteiger partial charge in [-0.15, -0.1) is 0 Å². The fourth-order valence-corrected chi connectivity index (χ4v) is 3.46. The van der Waals surface area contributed by atoms with Crippen molar-refractivity contribution in [2.45, 2.75) is 31.5 Å². The summed E-state index contributed by atoms with van der Waals surface area (Å²) in [4.78, 5) is 12.4. The van der Waals surface area contributed by atoms with Gasteiger partial charge in [0, 0.05) is 0 Å². The highest BCUT2D eigenvalue weighted by molar-refractivity contribution is 5.89. The molecule has 1 heterocycles. The number of ether oxygens (including phenoxy) is 4. The van der Waals surface area contributed by atoms with E-state index in [-0.39, 0.29) is 12.7 Å². The van der Waals surface area contributed by atoms with Crippen molar-refractivity contribution in [3.63, 3.8) is 0 Å². The van der Waals surface area contributed by atoms with Crippen molar-refractivity contribution in [2.75, 3.05) is 6.61 Å². The molecule has 5 heteroatoms. The first-order valence-electron chi connectivity index (χ1n) is 10.6. The minimum Gasteiger partial charge on any atom is -0.492 e. The third-order valence-corrected chi connectivity index (χ3v) is 5.17. The molecule has 3 atom stereocenters. The van der Waals surface area contributed by atoms with Crippen LogP contribution >= 0.6 is 0 Å². The lowest BCUT2D eigenvalue weighted by Crippen LogP contribution is -2.46. The van der Waals surface area contributed by atoms with Gasteiger partial charge in [0.2, 0.25) is 0 Å². The molecule has 0 saturated heterocycles. The molecule has 0 fully saturated rings. The van der Waals surface area contributed by atoms with E-state index in [1.165, 1.54) is 0 Å². The van der Waals surface area contributed by atoms with Crippen LogP contribution < -0.4 is 0 Å². The predicted molar refractivity (Wildman–Crippen MR) is 121 cm³/mol. The van der Waals surface area contributed by atoms with Crippen molar-refractivity contribution in [2.24, 2.45) is 0 Å². The van der Waals surface area contributed by atoms with Crippen molar-refractivity contribution >= 4 is 5.97 Å². The Bertz CT molecular complexity index is 988.